The third-order valence-corrected chi connectivity index (χ3v) is 5.11. The van der Waals surface area contributed by atoms with E-state index in [1.165, 1.54) is 32.2 Å². The molecule has 25 heavy (non-hydrogen) atoms. The quantitative estimate of drug-likeness (QED) is 0.758. The molecule has 0 aliphatic rings. The normalized spacial score (nSPS) is 12.4. The van der Waals surface area contributed by atoms with Gasteiger partial charge in [-0.2, -0.15) is 4.72 Å². The molecule has 2 N–H and O–H groups in total. The number of aromatic nitrogens is 1. The van der Waals surface area contributed by atoms with Gasteiger partial charge in [0.05, 0.1) is 25.4 Å². The zero-order valence-electron chi connectivity index (χ0n) is 13.7. The van der Waals surface area contributed by atoms with Crippen LogP contribution in [0.4, 0.5) is 0 Å². The first-order valence-electron chi connectivity index (χ1n) is 7.37. The summed E-state index contributed by atoms with van der Waals surface area (Å²) in [6.45, 7) is 1.65. The van der Waals surface area contributed by atoms with Gasteiger partial charge in [-0.3, -0.25) is 9.78 Å². The van der Waals surface area contributed by atoms with Crippen LogP contribution in [-0.4, -0.2) is 32.5 Å². The average Bonchev–Trinajstić information content (AvgIpc) is 2.60. The third-order valence-electron chi connectivity index (χ3n) is 3.31. The van der Waals surface area contributed by atoms with Gasteiger partial charge in [-0.15, -0.1) is 0 Å². The van der Waals surface area contributed by atoms with Gasteiger partial charge in [0.2, 0.25) is 15.9 Å². The molecule has 9 heteroatoms. The fourth-order valence-corrected chi connectivity index (χ4v) is 3.68. The number of nitrogens with one attached hydrogen (secondary N) is 2. The van der Waals surface area contributed by atoms with Gasteiger partial charge in [-0.25, -0.2) is 8.42 Å². The van der Waals surface area contributed by atoms with E-state index in [2.05, 4.69) is 15.0 Å². The van der Waals surface area contributed by atoms with Crippen molar-refractivity contribution in [3.05, 3.63) is 53.3 Å². The lowest BCUT2D eigenvalue weighted by molar-refractivity contribution is -0.122. The first kappa shape index (κ1) is 19.2. The third kappa shape index (κ3) is 5.15. The van der Waals surface area contributed by atoms with E-state index >= 15 is 0 Å². The summed E-state index contributed by atoms with van der Waals surface area (Å²) in [5.74, 6) is -0.340. The Morgan fingerprint density at radius 3 is 2.72 bits per heavy atom. The summed E-state index contributed by atoms with van der Waals surface area (Å²) in [5, 5.41) is 2.87. The van der Waals surface area contributed by atoms with Gasteiger partial charge in [-0.1, -0.05) is 17.7 Å². The summed E-state index contributed by atoms with van der Waals surface area (Å²) in [6.07, 6.45) is 1.61. The highest BCUT2D eigenvalue weighted by atomic mass is 35.5. The number of methoxy groups -OCH3 is 1. The molecule has 0 spiro atoms. The molecule has 1 aromatic carbocycles. The van der Waals surface area contributed by atoms with E-state index in [0.29, 0.717) is 5.69 Å². The van der Waals surface area contributed by atoms with Crippen LogP contribution in [0, 0.1) is 0 Å². The Morgan fingerprint density at radius 2 is 2.08 bits per heavy atom. The van der Waals surface area contributed by atoms with Crippen molar-refractivity contribution in [1.29, 1.82) is 0 Å². The van der Waals surface area contributed by atoms with Crippen LogP contribution in [0.3, 0.4) is 0 Å². The first-order chi connectivity index (χ1) is 11.8. The number of hydrogen-bond donors (Lipinski definition) is 2. The molecule has 0 bridgehead atoms. The van der Waals surface area contributed by atoms with Crippen LogP contribution in [-0.2, 0) is 21.4 Å². The van der Waals surface area contributed by atoms with Crippen molar-refractivity contribution in [1.82, 2.24) is 15.0 Å². The summed E-state index contributed by atoms with van der Waals surface area (Å²) < 4.78 is 32.4. The zero-order valence-corrected chi connectivity index (χ0v) is 15.3. The maximum Gasteiger partial charge on any atom is 0.245 e. The Kier molecular flexibility index (Phi) is 6.35. The van der Waals surface area contributed by atoms with Crippen LogP contribution >= 0.6 is 11.6 Å². The maximum absolute atomic E-state index is 12.5. The van der Waals surface area contributed by atoms with Crippen molar-refractivity contribution < 1.29 is 17.9 Å². The molecule has 2 aromatic rings. The monoisotopic (exact) mass is 383 g/mol. The second kappa shape index (κ2) is 8.28. The lowest BCUT2D eigenvalue weighted by atomic mass is 10.3. The van der Waals surface area contributed by atoms with E-state index < -0.39 is 22.0 Å². The molecule has 1 aromatic heterocycles. The highest BCUT2D eigenvalue weighted by Gasteiger charge is 2.25. The Hall–Kier alpha value is -2.16. The van der Waals surface area contributed by atoms with Crippen molar-refractivity contribution in [3.63, 3.8) is 0 Å². The van der Waals surface area contributed by atoms with Gasteiger partial charge in [0.25, 0.3) is 0 Å². The number of carbonyl (C=O) groups is 1. The minimum absolute atomic E-state index is 0.133. The molecule has 1 atom stereocenters. The summed E-state index contributed by atoms with van der Waals surface area (Å²) in [5.41, 5.74) is 0.669. The van der Waals surface area contributed by atoms with Gasteiger partial charge >= 0.3 is 0 Å². The molecular formula is C16H18ClN3O4S. The molecule has 0 aliphatic heterocycles. The van der Waals surface area contributed by atoms with Gasteiger partial charge in [0.1, 0.15) is 10.6 Å². The first-order valence-corrected chi connectivity index (χ1v) is 9.23. The molecule has 0 aliphatic carbocycles. The Morgan fingerprint density at radius 1 is 1.32 bits per heavy atom. The van der Waals surface area contributed by atoms with Crippen molar-refractivity contribution in [2.24, 2.45) is 0 Å². The molecular weight excluding hydrogens is 366 g/mol. The molecule has 0 saturated heterocycles. The second-order valence-corrected chi connectivity index (χ2v) is 7.30. The standard InChI is InChI=1S/C16H18ClN3O4S/c1-11(16(21)19-10-13-5-3-4-8-18-13)20-25(22,23)15-9-12(17)6-7-14(15)24-2/h3-9,11,20H,10H2,1-2H3,(H,19,21)/t11-/m1/s1. The number of pyridine rings is 1. The number of ether oxygens (including phenoxy) is 1. The largest absolute Gasteiger partial charge is 0.495 e. The number of nitrogens with zero attached hydrogens (tertiary/aromatic N) is 1. The molecule has 1 heterocycles. The second-order valence-electron chi connectivity index (χ2n) is 5.18. The minimum atomic E-state index is -3.99. The van der Waals surface area contributed by atoms with Crippen LogP contribution in [0.25, 0.3) is 0 Å². The number of halogens is 1. The van der Waals surface area contributed by atoms with E-state index in [4.69, 9.17) is 16.3 Å². The van der Waals surface area contributed by atoms with Gasteiger partial charge in [0, 0.05) is 11.2 Å². The van der Waals surface area contributed by atoms with E-state index in [1.807, 2.05) is 0 Å². The predicted octanol–water partition coefficient (Wildman–Crippen LogP) is 1.73. The zero-order chi connectivity index (χ0) is 18.4. The van der Waals surface area contributed by atoms with Crippen LogP contribution < -0.4 is 14.8 Å². The molecule has 0 saturated carbocycles. The highest BCUT2D eigenvalue weighted by Crippen LogP contribution is 2.27. The summed E-state index contributed by atoms with van der Waals surface area (Å²) in [6, 6.07) is 8.56. The molecule has 7 nitrogen and oxygen atoms in total. The van der Waals surface area contributed by atoms with Crippen molar-refractivity contribution >= 4 is 27.5 Å². The molecule has 134 valence electrons. The average molecular weight is 384 g/mol. The van der Waals surface area contributed by atoms with Crippen LogP contribution in [0.15, 0.2) is 47.5 Å². The van der Waals surface area contributed by atoms with Gasteiger partial charge in [0.15, 0.2) is 0 Å². The SMILES string of the molecule is COc1ccc(Cl)cc1S(=O)(=O)N[C@H](C)C(=O)NCc1ccccn1. The fraction of sp³-hybridized carbons (Fsp3) is 0.250. The van der Waals surface area contributed by atoms with Crippen LogP contribution in [0.1, 0.15) is 12.6 Å². The number of carbonyl (C=O) groups excluding carboxylic acids is 1. The minimum Gasteiger partial charge on any atom is -0.495 e. The molecule has 0 fully saturated rings. The topological polar surface area (TPSA) is 97.4 Å². The van der Waals surface area contributed by atoms with Crippen LogP contribution in [0.5, 0.6) is 5.75 Å². The molecule has 0 unspecified atom stereocenters. The molecule has 1 amide bonds. The summed E-state index contributed by atoms with van der Waals surface area (Å²) >= 11 is 5.86. The van der Waals surface area contributed by atoms with Crippen molar-refractivity contribution in [2.45, 2.75) is 24.4 Å². The van der Waals surface area contributed by atoms with E-state index in [0.717, 1.165) is 0 Å². The van der Waals surface area contributed by atoms with Gasteiger partial charge < -0.3 is 10.1 Å². The predicted molar refractivity (Wildman–Crippen MR) is 93.9 cm³/mol. The van der Waals surface area contributed by atoms with Crippen LogP contribution in [0.2, 0.25) is 5.02 Å². The number of sulfonamides is 1. The van der Waals surface area contributed by atoms with E-state index in [9.17, 15) is 13.2 Å². The fourth-order valence-electron chi connectivity index (χ4n) is 2.04. The summed E-state index contributed by atoms with van der Waals surface area (Å²) in [7, 11) is -2.64. The number of rotatable bonds is 7. The lowest BCUT2D eigenvalue weighted by Gasteiger charge is -2.16. The van der Waals surface area contributed by atoms with Crippen molar-refractivity contribution in [2.75, 3.05) is 7.11 Å². The highest BCUT2D eigenvalue weighted by molar-refractivity contribution is 7.89. The Balaban J connectivity index is 2.06. The van der Waals surface area contributed by atoms with E-state index in [1.54, 1.807) is 24.4 Å². The van der Waals surface area contributed by atoms with Gasteiger partial charge in [-0.05, 0) is 37.3 Å². The number of benzene rings is 1. The molecule has 2 rings (SSSR count). The maximum atomic E-state index is 12.5. The van der Waals surface area contributed by atoms with E-state index in [-0.39, 0.29) is 22.2 Å². The number of amides is 1. The smallest absolute Gasteiger partial charge is 0.245 e. The Labute approximate surface area is 151 Å². The summed E-state index contributed by atoms with van der Waals surface area (Å²) in [4.78, 5) is 16.1. The van der Waals surface area contributed by atoms with Crippen molar-refractivity contribution in [3.8, 4) is 5.75 Å². The lowest BCUT2D eigenvalue weighted by Crippen LogP contribution is -2.44. The Bertz CT molecular complexity index is 844. The number of hydrogen-bond acceptors (Lipinski definition) is 5. The molecule has 0 radical (unpaired) electrons.